The van der Waals surface area contributed by atoms with Gasteiger partial charge in [0.1, 0.15) is 5.75 Å². The van der Waals surface area contributed by atoms with Crippen molar-refractivity contribution in [3.05, 3.63) is 39.9 Å². The highest BCUT2D eigenvalue weighted by Crippen LogP contribution is 2.22. The fraction of sp³-hybridized carbons (Fsp3) is 0.357. The largest absolute Gasteiger partial charge is 0.496 e. The highest BCUT2D eigenvalue weighted by molar-refractivity contribution is 7.15. The van der Waals surface area contributed by atoms with E-state index >= 15 is 0 Å². The fourth-order valence-corrected chi connectivity index (χ4v) is 2.78. The molecule has 0 radical (unpaired) electrons. The monoisotopic (exact) mass is 262 g/mol. The van der Waals surface area contributed by atoms with Crippen molar-refractivity contribution in [2.45, 2.75) is 26.7 Å². The molecular formula is C14H18N2OS. The molecule has 3 nitrogen and oxygen atoms in total. The number of nitrogen functional groups attached to an aromatic ring is 1. The zero-order chi connectivity index (χ0) is 13.1. The van der Waals surface area contributed by atoms with Gasteiger partial charge in [0.25, 0.3) is 0 Å². The van der Waals surface area contributed by atoms with E-state index in [9.17, 15) is 0 Å². The van der Waals surface area contributed by atoms with Gasteiger partial charge >= 0.3 is 0 Å². The molecule has 0 saturated heterocycles. The van der Waals surface area contributed by atoms with Crippen molar-refractivity contribution in [3.63, 3.8) is 0 Å². The van der Waals surface area contributed by atoms with Gasteiger partial charge in [-0.1, -0.05) is 12.1 Å². The molecule has 2 N–H and O–H groups in total. The minimum atomic E-state index is 0.661. The molecule has 0 atom stereocenters. The number of aromatic nitrogens is 1. The first-order valence-electron chi connectivity index (χ1n) is 5.95. The van der Waals surface area contributed by atoms with Gasteiger partial charge in [0, 0.05) is 4.88 Å². The number of nitrogens with two attached hydrogens (primary N) is 1. The van der Waals surface area contributed by atoms with Crippen LogP contribution < -0.4 is 10.5 Å². The van der Waals surface area contributed by atoms with Gasteiger partial charge in [-0.3, -0.25) is 0 Å². The molecule has 0 unspecified atom stereocenters. The minimum absolute atomic E-state index is 0.661. The molecule has 0 bridgehead atoms. The normalized spacial score (nSPS) is 10.6. The summed E-state index contributed by atoms with van der Waals surface area (Å²) in [6, 6.07) is 6.30. The first-order chi connectivity index (χ1) is 8.60. The second-order valence-electron chi connectivity index (χ2n) is 4.36. The van der Waals surface area contributed by atoms with Crippen molar-refractivity contribution in [2.24, 2.45) is 0 Å². The maximum absolute atomic E-state index is 5.70. The second-order valence-corrected chi connectivity index (χ2v) is 5.59. The van der Waals surface area contributed by atoms with Crippen LogP contribution in [0.2, 0.25) is 0 Å². The predicted octanol–water partition coefficient (Wildman–Crippen LogP) is 3.14. The van der Waals surface area contributed by atoms with Crippen LogP contribution in [0.25, 0.3) is 0 Å². The van der Waals surface area contributed by atoms with Crippen LogP contribution in [0.4, 0.5) is 5.13 Å². The van der Waals surface area contributed by atoms with E-state index in [0.29, 0.717) is 5.13 Å². The lowest BCUT2D eigenvalue weighted by atomic mass is 10.0. The zero-order valence-electron chi connectivity index (χ0n) is 11.0. The van der Waals surface area contributed by atoms with Crippen LogP contribution in [0.15, 0.2) is 18.2 Å². The average molecular weight is 262 g/mol. The molecule has 0 aliphatic rings. The van der Waals surface area contributed by atoms with Crippen molar-refractivity contribution in [1.29, 1.82) is 0 Å². The predicted molar refractivity (Wildman–Crippen MR) is 76.4 cm³/mol. The van der Waals surface area contributed by atoms with Gasteiger partial charge in [-0.05, 0) is 43.9 Å². The molecule has 0 aliphatic carbocycles. The highest BCUT2D eigenvalue weighted by atomic mass is 32.1. The third-order valence-electron chi connectivity index (χ3n) is 3.02. The quantitative estimate of drug-likeness (QED) is 0.921. The second kappa shape index (κ2) is 5.40. The highest BCUT2D eigenvalue weighted by Gasteiger charge is 2.06. The molecule has 1 aromatic carbocycles. The Hall–Kier alpha value is -1.55. The number of nitrogens with zero attached hydrogens (tertiary/aromatic N) is 1. The zero-order valence-corrected chi connectivity index (χ0v) is 11.8. The van der Waals surface area contributed by atoms with E-state index in [0.717, 1.165) is 24.3 Å². The summed E-state index contributed by atoms with van der Waals surface area (Å²) in [5.41, 5.74) is 9.29. The molecule has 2 aromatic rings. The summed E-state index contributed by atoms with van der Waals surface area (Å²) in [5, 5.41) is 0.661. The lowest BCUT2D eigenvalue weighted by molar-refractivity contribution is 0.411. The number of benzene rings is 1. The molecule has 1 heterocycles. The van der Waals surface area contributed by atoms with E-state index < -0.39 is 0 Å². The lowest BCUT2D eigenvalue weighted by Gasteiger charge is -2.07. The minimum Gasteiger partial charge on any atom is -0.496 e. The summed E-state index contributed by atoms with van der Waals surface area (Å²) in [5.74, 6) is 0.938. The van der Waals surface area contributed by atoms with Crippen molar-refractivity contribution < 1.29 is 4.74 Å². The molecule has 0 amide bonds. The molecule has 2 rings (SSSR count). The standard InChI is InChI=1S/C14H18N2OS/c1-9-8-11(5-7-13(9)17-3)4-6-12-10(2)18-14(15)16-12/h5,7-8H,4,6H2,1-3H3,(H2,15,16). The van der Waals surface area contributed by atoms with Gasteiger partial charge < -0.3 is 10.5 Å². The average Bonchev–Trinajstić information content (AvgIpc) is 2.65. The molecule has 18 heavy (non-hydrogen) atoms. The van der Waals surface area contributed by atoms with Crippen LogP contribution in [0.5, 0.6) is 5.75 Å². The van der Waals surface area contributed by atoms with Gasteiger partial charge in [0.2, 0.25) is 0 Å². The van der Waals surface area contributed by atoms with Crippen molar-refractivity contribution >= 4 is 16.5 Å². The number of hydrogen-bond donors (Lipinski definition) is 1. The maximum atomic E-state index is 5.70. The fourth-order valence-electron chi connectivity index (χ4n) is 2.04. The van der Waals surface area contributed by atoms with Gasteiger partial charge in [-0.15, -0.1) is 11.3 Å². The molecular weight excluding hydrogens is 244 g/mol. The van der Waals surface area contributed by atoms with Gasteiger partial charge in [-0.2, -0.15) is 0 Å². The Morgan fingerprint density at radius 3 is 2.61 bits per heavy atom. The Morgan fingerprint density at radius 1 is 1.28 bits per heavy atom. The Bertz CT molecular complexity index is 549. The summed E-state index contributed by atoms with van der Waals surface area (Å²) in [6.07, 6.45) is 1.92. The SMILES string of the molecule is COc1ccc(CCc2nc(N)sc2C)cc1C. The molecule has 4 heteroatoms. The van der Waals surface area contributed by atoms with E-state index in [-0.39, 0.29) is 0 Å². The van der Waals surface area contributed by atoms with Gasteiger partial charge in [0.05, 0.1) is 12.8 Å². The lowest BCUT2D eigenvalue weighted by Crippen LogP contribution is -1.96. The van der Waals surface area contributed by atoms with Gasteiger partial charge in [0.15, 0.2) is 5.13 Å². The van der Waals surface area contributed by atoms with E-state index in [1.807, 2.05) is 6.07 Å². The van der Waals surface area contributed by atoms with E-state index in [1.165, 1.54) is 16.0 Å². The van der Waals surface area contributed by atoms with Crippen LogP contribution >= 0.6 is 11.3 Å². The smallest absolute Gasteiger partial charge is 0.180 e. The summed E-state index contributed by atoms with van der Waals surface area (Å²) in [7, 11) is 1.70. The number of anilines is 1. The molecule has 1 aromatic heterocycles. The van der Waals surface area contributed by atoms with Crippen LogP contribution in [-0.4, -0.2) is 12.1 Å². The maximum Gasteiger partial charge on any atom is 0.180 e. The number of hydrogen-bond acceptors (Lipinski definition) is 4. The Labute approximate surface area is 112 Å². The van der Waals surface area contributed by atoms with E-state index in [2.05, 4.69) is 31.0 Å². The molecule has 0 aliphatic heterocycles. The summed E-state index contributed by atoms with van der Waals surface area (Å²) in [4.78, 5) is 5.57. The van der Waals surface area contributed by atoms with Gasteiger partial charge in [-0.25, -0.2) is 4.98 Å². The number of methoxy groups -OCH3 is 1. The topological polar surface area (TPSA) is 48.1 Å². The molecule has 0 spiro atoms. The Balaban J connectivity index is 2.06. The van der Waals surface area contributed by atoms with Crippen molar-refractivity contribution in [1.82, 2.24) is 4.98 Å². The Kier molecular flexibility index (Phi) is 3.87. The van der Waals surface area contributed by atoms with Crippen LogP contribution in [0.3, 0.4) is 0 Å². The summed E-state index contributed by atoms with van der Waals surface area (Å²) in [6.45, 7) is 4.14. The van der Waals surface area contributed by atoms with Crippen molar-refractivity contribution in [3.8, 4) is 5.75 Å². The first kappa shape index (κ1) is 12.9. The third-order valence-corrected chi connectivity index (χ3v) is 3.86. The Morgan fingerprint density at radius 2 is 2.06 bits per heavy atom. The number of rotatable bonds is 4. The molecule has 0 fully saturated rings. The van der Waals surface area contributed by atoms with E-state index in [4.69, 9.17) is 10.5 Å². The van der Waals surface area contributed by atoms with Crippen molar-refractivity contribution in [2.75, 3.05) is 12.8 Å². The number of aryl methyl sites for hydroxylation is 4. The van der Waals surface area contributed by atoms with Crippen LogP contribution in [-0.2, 0) is 12.8 Å². The first-order valence-corrected chi connectivity index (χ1v) is 6.77. The van der Waals surface area contributed by atoms with E-state index in [1.54, 1.807) is 18.4 Å². The summed E-state index contributed by atoms with van der Waals surface area (Å²) < 4.78 is 5.26. The van der Waals surface area contributed by atoms with Crippen LogP contribution in [0, 0.1) is 13.8 Å². The molecule has 96 valence electrons. The third kappa shape index (κ3) is 2.82. The number of thiazole rings is 1. The molecule has 0 saturated carbocycles. The van der Waals surface area contributed by atoms with Crippen LogP contribution in [0.1, 0.15) is 21.7 Å². The summed E-state index contributed by atoms with van der Waals surface area (Å²) >= 11 is 1.56. The number of ether oxygens (including phenoxy) is 1.